The number of carbonyl (C=O) groups is 2. The van der Waals surface area contributed by atoms with Gasteiger partial charge in [0, 0.05) is 37.8 Å². The molecule has 2 amide bonds. The van der Waals surface area contributed by atoms with Crippen LogP contribution >= 0.6 is 0 Å². The number of carbonyl (C=O) groups excluding carboxylic acids is 2. The molecule has 0 bridgehead atoms. The van der Waals surface area contributed by atoms with E-state index in [1.54, 1.807) is 0 Å². The minimum Gasteiger partial charge on any atom is -0.337 e. The number of hydrogen-bond acceptors (Lipinski definition) is 3. The predicted molar refractivity (Wildman–Crippen MR) is 96.9 cm³/mol. The second-order valence-corrected chi connectivity index (χ2v) is 7.80. The third kappa shape index (κ3) is 5.64. The van der Waals surface area contributed by atoms with Gasteiger partial charge in [-0.1, -0.05) is 32.9 Å². The minimum absolute atomic E-state index is 0.0148. The Labute approximate surface area is 144 Å². The summed E-state index contributed by atoms with van der Waals surface area (Å²) in [6.45, 7) is 10.7. The third-order valence-electron chi connectivity index (χ3n) is 4.11. The summed E-state index contributed by atoms with van der Waals surface area (Å²) in [7, 11) is 0. The lowest BCUT2D eigenvalue weighted by molar-refractivity contribution is -0.133. The zero-order chi connectivity index (χ0) is 17.7. The fourth-order valence-corrected chi connectivity index (χ4v) is 2.88. The Morgan fingerprint density at radius 1 is 1.25 bits per heavy atom. The summed E-state index contributed by atoms with van der Waals surface area (Å²) in [4.78, 5) is 26.3. The second-order valence-electron chi connectivity index (χ2n) is 7.80. The van der Waals surface area contributed by atoms with Crippen molar-refractivity contribution >= 4 is 17.5 Å². The average Bonchev–Trinajstić information content (AvgIpc) is 2.47. The first-order chi connectivity index (χ1) is 11.2. The zero-order valence-corrected chi connectivity index (χ0v) is 15.2. The molecule has 2 N–H and O–H groups in total. The van der Waals surface area contributed by atoms with E-state index in [2.05, 4.69) is 17.6 Å². The first-order valence-corrected chi connectivity index (χ1v) is 8.63. The van der Waals surface area contributed by atoms with Crippen LogP contribution < -0.4 is 10.6 Å². The van der Waals surface area contributed by atoms with E-state index in [1.165, 1.54) is 0 Å². The van der Waals surface area contributed by atoms with Crippen molar-refractivity contribution in [3.05, 3.63) is 29.8 Å². The molecule has 1 saturated heterocycles. The molecule has 1 fully saturated rings. The normalized spacial score (nSPS) is 18.3. The van der Waals surface area contributed by atoms with Gasteiger partial charge >= 0.3 is 0 Å². The van der Waals surface area contributed by atoms with Gasteiger partial charge in [0.25, 0.3) is 0 Å². The van der Waals surface area contributed by atoms with Gasteiger partial charge in [0.05, 0.1) is 6.42 Å². The molecule has 5 nitrogen and oxygen atoms in total. The van der Waals surface area contributed by atoms with Gasteiger partial charge < -0.3 is 15.5 Å². The molecule has 1 atom stereocenters. The molecule has 1 aromatic rings. The molecular formula is C19H29N3O2. The SMILES string of the molecule is C[C@@H]1CNCCN1C(=O)Cc1ccc(NC(=O)CC(C)(C)C)cc1. The van der Waals surface area contributed by atoms with E-state index in [0.717, 1.165) is 30.9 Å². The van der Waals surface area contributed by atoms with Crippen LogP contribution in [0.2, 0.25) is 0 Å². The van der Waals surface area contributed by atoms with Crippen molar-refractivity contribution in [2.24, 2.45) is 5.41 Å². The van der Waals surface area contributed by atoms with Gasteiger partial charge in [-0.15, -0.1) is 0 Å². The summed E-state index contributed by atoms with van der Waals surface area (Å²) in [6, 6.07) is 7.80. The summed E-state index contributed by atoms with van der Waals surface area (Å²) in [5.74, 6) is 0.175. The molecule has 1 aromatic carbocycles. The van der Waals surface area contributed by atoms with Gasteiger partial charge in [-0.2, -0.15) is 0 Å². The standard InChI is InChI=1S/C19H29N3O2/c1-14-13-20-9-10-22(14)18(24)11-15-5-7-16(8-6-15)21-17(23)12-19(2,3)4/h5-8,14,20H,9-13H2,1-4H3,(H,21,23)/t14-/m1/s1. The number of nitrogens with one attached hydrogen (secondary N) is 2. The van der Waals surface area contributed by atoms with Crippen LogP contribution in [0.15, 0.2) is 24.3 Å². The maximum Gasteiger partial charge on any atom is 0.227 e. The predicted octanol–water partition coefficient (Wildman–Crippen LogP) is 2.42. The number of hydrogen-bond donors (Lipinski definition) is 2. The van der Waals surface area contributed by atoms with Crippen molar-refractivity contribution in [2.75, 3.05) is 25.0 Å². The fourth-order valence-electron chi connectivity index (χ4n) is 2.88. The third-order valence-corrected chi connectivity index (χ3v) is 4.11. The first-order valence-electron chi connectivity index (χ1n) is 8.63. The van der Waals surface area contributed by atoms with E-state index in [-0.39, 0.29) is 23.3 Å². The first kappa shape index (κ1) is 18.5. The number of piperazine rings is 1. The maximum absolute atomic E-state index is 12.4. The van der Waals surface area contributed by atoms with Crippen molar-refractivity contribution in [2.45, 2.75) is 46.6 Å². The van der Waals surface area contributed by atoms with Gasteiger partial charge in [0.15, 0.2) is 0 Å². The molecular weight excluding hydrogens is 302 g/mol. The van der Waals surface area contributed by atoms with Gasteiger partial charge in [-0.25, -0.2) is 0 Å². The molecule has 5 heteroatoms. The van der Waals surface area contributed by atoms with Gasteiger partial charge in [0.2, 0.25) is 11.8 Å². The van der Waals surface area contributed by atoms with E-state index in [9.17, 15) is 9.59 Å². The lowest BCUT2D eigenvalue weighted by Gasteiger charge is -2.34. The minimum atomic E-state index is -0.0313. The van der Waals surface area contributed by atoms with Crippen molar-refractivity contribution in [3.8, 4) is 0 Å². The van der Waals surface area contributed by atoms with Crippen LogP contribution in [0.25, 0.3) is 0 Å². The molecule has 1 aliphatic heterocycles. The number of nitrogens with zero attached hydrogens (tertiary/aromatic N) is 1. The van der Waals surface area contributed by atoms with Crippen LogP contribution in [0.3, 0.4) is 0 Å². The summed E-state index contributed by atoms with van der Waals surface area (Å²) in [5.41, 5.74) is 1.71. The van der Waals surface area contributed by atoms with Crippen molar-refractivity contribution in [3.63, 3.8) is 0 Å². The summed E-state index contributed by atoms with van der Waals surface area (Å²) in [6.07, 6.45) is 0.884. The maximum atomic E-state index is 12.4. The second kappa shape index (κ2) is 7.79. The molecule has 2 rings (SSSR count). The summed E-state index contributed by atoms with van der Waals surface area (Å²) in [5, 5.41) is 6.20. The molecule has 0 aliphatic carbocycles. The van der Waals surface area contributed by atoms with Crippen molar-refractivity contribution in [1.29, 1.82) is 0 Å². The summed E-state index contributed by atoms with van der Waals surface area (Å²) >= 11 is 0. The molecule has 0 aromatic heterocycles. The van der Waals surface area contributed by atoms with Gasteiger partial charge in [-0.3, -0.25) is 9.59 Å². The lowest BCUT2D eigenvalue weighted by atomic mass is 9.92. The molecule has 0 spiro atoms. The molecule has 0 unspecified atom stereocenters. The number of benzene rings is 1. The van der Waals surface area contributed by atoms with Gasteiger partial charge in [0.1, 0.15) is 0 Å². The summed E-state index contributed by atoms with van der Waals surface area (Å²) < 4.78 is 0. The quantitative estimate of drug-likeness (QED) is 0.891. The van der Waals surface area contributed by atoms with E-state index >= 15 is 0 Å². The molecule has 24 heavy (non-hydrogen) atoms. The Morgan fingerprint density at radius 2 is 1.92 bits per heavy atom. The van der Waals surface area contributed by atoms with Crippen molar-refractivity contribution in [1.82, 2.24) is 10.2 Å². The topological polar surface area (TPSA) is 61.4 Å². The zero-order valence-electron chi connectivity index (χ0n) is 15.2. The molecule has 132 valence electrons. The highest BCUT2D eigenvalue weighted by Crippen LogP contribution is 2.20. The largest absolute Gasteiger partial charge is 0.337 e. The highest BCUT2D eigenvalue weighted by Gasteiger charge is 2.22. The molecule has 0 saturated carbocycles. The Kier molecular flexibility index (Phi) is 5.99. The van der Waals surface area contributed by atoms with Crippen LogP contribution in [0.5, 0.6) is 0 Å². The molecule has 1 heterocycles. The van der Waals surface area contributed by atoms with Crippen molar-refractivity contribution < 1.29 is 9.59 Å². The highest BCUT2D eigenvalue weighted by molar-refractivity contribution is 5.91. The number of rotatable bonds is 4. The average molecular weight is 331 g/mol. The van der Waals surface area contributed by atoms with Crippen LogP contribution in [0.1, 0.15) is 39.7 Å². The Bertz CT molecular complexity index is 575. The molecule has 0 radical (unpaired) electrons. The number of amides is 2. The fraction of sp³-hybridized carbons (Fsp3) is 0.579. The van der Waals surface area contributed by atoms with Crippen LogP contribution in [-0.2, 0) is 16.0 Å². The lowest BCUT2D eigenvalue weighted by Crippen LogP contribution is -2.52. The molecule has 1 aliphatic rings. The van der Waals surface area contributed by atoms with E-state index in [1.807, 2.05) is 49.9 Å². The van der Waals surface area contributed by atoms with E-state index < -0.39 is 0 Å². The monoisotopic (exact) mass is 331 g/mol. The Hall–Kier alpha value is -1.88. The van der Waals surface area contributed by atoms with Crippen LogP contribution in [0.4, 0.5) is 5.69 Å². The van der Waals surface area contributed by atoms with E-state index in [0.29, 0.717) is 12.8 Å². The number of anilines is 1. The smallest absolute Gasteiger partial charge is 0.227 e. The van der Waals surface area contributed by atoms with Crippen LogP contribution in [0, 0.1) is 5.41 Å². The highest BCUT2D eigenvalue weighted by atomic mass is 16.2. The van der Waals surface area contributed by atoms with Gasteiger partial charge in [-0.05, 0) is 30.0 Å². The Morgan fingerprint density at radius 3 is 2.50 bits per heavy atom. The van der Waals surface area contributed by atoms with Crippen LogP contribution in [-0.4, -0.2) is 42.4 Å². The van der Waals surface area contributed by atoms with E-state index in [4.69, 9.17) is 0 Å². The Balaban J connectivity index is 1.89.